The number of nitrogens with two attached hydrogens (primary N) is 1. The van der Waals surface area contributed by atoms with E-state index in [2.05, 4.69) is 20.9 Å². The van der Waals surface area contributed by atoms with Gasteiger partial charge in [0.15, 0.2) is 0 Å². The van der Waals surface area contributed by atoms with Gasteiger partial charge in [-0.05, 0) is 31.6 Å². The van der Waals surface area contributed by atoms with E-state index in [4.69, 9.17) is 5.73 Å². The number of rotatable bonds is 1. The van der Waals surface area contributed by atoms with E-state index in [0.29, 0.717) is 5.95 Å². The van der Waals surface area contributed by atoms with E-state index in [0.717, 1.165) is 36.4 Å². The molecule has 0 bridgehead atoms. The van der Waals surface area contributed by atoms with Gasteiger partial charge in [-0.2, -0.15) is 4.98 Å². The molecule has 1 saturated carbocycles. The molecule has 0 radical (unpaired) electrons. The Labute approximate surface area is 109 Å². The predicted molar refractivity (Wildman–Crippen MR) is 73.5 cm³/mol. The van der Waals surface area contributed by atoms with E-state index < -0.39 is 0 Å². The molecule has 2 unspecified atom stereocenters. The summed E-state index contributed by atoms with van der Waals surface area (Å²) in [6.07, 6.45) is 6.97. The minimum atomic E-state index is 0.399. The van der Waals surface area contributed by atoms with Gasteiger partial charge < -0.3 is 10.6 Å². The van der Waals surface area contributed by atoms with Gasteiger partial charge in [0.2, 0.25) is 5.95 Å². The molecular weight excluding hydrogens is 224 g/mol. The van der Waals surface area contributed by atoms with Gasteiger partial charge in [0, 0.05) is 24.8 Å². The molecule has 1 aliphatic carbocycles. The van der Waals surface area contributed by atoms with Crippen LogP contribution >= 0.6 is 0 Å². The summed E-state index contributed by atoms with van der Waals surface area (Å²) in [5.74, 6) is 3.24. The Kier molecular flexibility index (Phi) is 3.10. The summed E-state index contributed by atoms with van der Waals surface area (Å²) in [6, 6.07) is 2.06. The highest BCUT2D eigenvalue weighted by Crippen LogP contribution is 2.37. The van der Waals surface area contributed by atoms with E-state index in [9.17, 15) is 0 Å². The summed E-state index contributed by atoms with van der Waals surface area (Å²) in [6.45, 7) is 4.26. The van der Waals surface area contributed by atoms with Crippen LogP contribution in [0.3, 0.4) is 0 Å². The van der Waals surface area contributed by atoms with E-state index in [1.54, 1.807) is 0 Å². The van der Waals surface area contributed by atoms with Gasteiger partial charge in [-0.25, -0.2) is 4.98 Å². The maximum atomic E-state index is 5.75. The van der Waals surface area contributed by atoms with Gasteiger partial charge in [0.05, 0.1) is 0 Å². The summed E-state index contributed by atoms with van der Waals surface area (Å²) >= 11 is 0. The van der Waals surface area contributed by atoms with Gasteiger partial charge in [-0.1, -0.05) is 19.3 Å². The molecule has 2 N–H and O–H groups in total. The Morgan fingerprint density at radius 1 is 1.17 bits per heavy atom. The second-order valence-electron chi connectivity index (χ2n) is 5.77. The quantitative estimate of drug-likeness (QED) is 0.826. The molecule has 4 heteroatoms. The van der Waals surface area contributed by atoms with Crippen LogP contribution in [0.1, 0.15) is 37.8 Å². The van der Waals surface area contributed by atoms with Gasteiger partial charge in [0.25, 0.3) is 0 Å². The maximum Gasteiger partial charge on any atom is 0.222 e. The Morgan fingerprint density at radius 3 is 2.72 bits per heavy atom. The fraction of sp³-hybridized carbons (Fsp3) is 0.714. The number of nitrogen functional groups attached to an aromatic ring is 1. The minimum Gasteiger partial charge on any atom is -0.368 e. The Bertz CT molecular complexity index is 412. The molecule has 2 atom stereocenters. The normalized spacial score (nSPS) is 27.9. The van der Waals surface area contributed by atoms with Crippen molar-refractivity contribution < 1.29 is 0 Å². The number of hydrogen-bond donors (Lipinski definition) is 1. The standard InChI is InChI=1S/C14H22N4/c1-10-8-13(17-14(15)16-10)18-7-6-11-4-2-3-5-12(11)9-18/h8,11-12H,2-7,9H2,1H3,(H2,15,16,17). The van der Waals surface area contributed by atoms with Crippen molar-refractivity contribution in [3.8, 4) is 0 Å². The van der Waals surface area contributed by atoms with Crippen molar-refractivity contribution in [2.75, 3.05) is 23.7 Å². The smallest absolute Gasteiger partial charge is 0.222 e. The van der Waals surface area contributed by atoms with Crippen LogP contribution in [0.4, 0.5) is 11.8 Å². The SMILES string of the molecule is Cc1cc(N2CCC3CCCCC3C2)nc(N)n1. The lowest BCUT2D eigenvalue weighted by Gasteiger charge is -2.41. The number of nitrogens with zero attached hydrogens (tertiary/aromatic N) is 3. The highest BCUT2D eigenvalue weighted by Gasteiger charge is 2.31. The fourth-order valence-corrected chi connectivity index (χ4v) is 3.55. The van der Waals surface area contributed by atoms with E-state index in [-0.39, 0.29) is 0 Å². The van der Waals surface area contributed by atoms with Crippen LogP contribution in [-0.4, -0.2) is 23.1 Å². The molecule has 1 aromatic rings. The third-order valence-corrected chi connectivity index (χ3v) is 4.47. The lowest BCUT2D eigenvalue weighted by molar-refractivity contribution is 0.202. The summed E-state index contributed by atoms with van der Waals surface area (Å²) in [7, 11) is 0. The molecule has 2 fully saturated rings. The average molecular weight is 246 g/mol. The molecule has 2 heterocycles. The molecule has 98 valence electrons. The van der Waals surface area contributed by atoms with Crippen molar-refractivity contribution in [1.82, 2.24) is 9.97 Å². The molecule has 1 aliphatic heterocycles. The molecule has 3 rings (SSSR count). The first kappa shape index (κ1) is 11.8. The highest BCUT2D eigenvalue weighted by atomic mass is 15.2. The summed E-state index contributed by atoms with van der Waals surface area (Å²) in [4.78, 5) is 10.9. The number of anilines is 2. The number of aryl methyl sites for hydroxylation is 1. The van der Waals surface area contributed by atoms with Gasteiger partial charge in [-0.3, -0.25) is 0 Å². The molecule has 2 aliphatic rings. The van der Waals surface area contributed by atoms with Crippen molar-refractivity contribution in [3.63, 3.8) is 0 Å². The van der Waals surface area contributed by atoms with Crippen molar-refractivity contribution in [2.45, 2.75) is 39.0 Å². The zero-order valence-electron chi connectivity index (χ0n) is 11.1. The topological polar surface area (TPSA) is 55.0 Å². The lowest BCUT2D eigenvalue weighted by Crippen LogP contribution is -2.42. The van der Waals surface area contributed by atoms with Crippen LogP contribution in [0, 0.1) is 18.8 Å². The average Bonchev–Trinajstić information content (AvgIpc) is 2.37. The van der Waals surface area contributed by atoms with Gasteiger partial charge in [0.1, 0.15) is 5.82 Å². The van der Waals surface area contributed by atoms with Crippen molar-refractivity contribution in [1.29, 1.82) is 0 Å². The Morgan fingerprint density at radius 2 is 1.94 bits per heavy atom. The monoisotopic (exact) mass is 246 g/mol. The van der Waals surface area contributed by atoms with Crippen molar-refractivity contribution in [2.24, 2.45) is 11.8 Å². The van der Waals surface area contributed by atoms with Crippen LogP contribution in [0.2, 0.25) is 0 Å². The molecule has 0 spiro atoms. The largest absolute Gasteiger partial charge is 0.368 e. The molecule has 4 nitrogen and oxygen atoms in total. The first-order valence-electron chi connectivity index (χ1n) is 7.08. The summed E-state index contributed by atoms with van der Waals surface area (Å²) in [5.41, 5.74) is 6.71. The number of aromatic nitrogens is 2. The zero-order valence-corrected chi connectivity index (χ0v) is 11.1. The van der Waals surface area contributed by atoms with Crippen LogP contribution < -0.4 is 10.6 Å². The zero-order chi connectivity index (χ0) is 12.5. The molecule has 18 heavy (non-hydrogen) atoms. The third-order valence-electron chi connectivity index (χ3n) is 4.47. The Hall–Kier alpha value is -1.32. The molecule has 0 aromatic carbocycles. The molecular formula is C14H22N4. The first-order chi connectivity index (χ1) is 8.72. The van der Waals surface area contributed by atoms with Crippen LogP contribution in [-0.2, 0) is 0 Å². The predicted octanol–water partition coefficient (Wildman–Crippen LogP) is 2.38. The van der Waals surface area contributed by atoms with Gasteiger partial charge in [-0.15, -0.1) is 0 Å². The van der Waals surface area contributed by atoms with Crippen LogP contribution in [0.5, 0.6) is 0 Å². The number of fused-ring (bicyclic) bond motifs is 1. The van der Waals surface area contributed by atoms with E-state index >= 15 is 0 Å². The lowest BCUT2D eigenvalue weighted by atomic mass is 9.75. The van der Waals surface area contributed by atoms with Crippen molar-refractivity contribution >= 4 is 11.8 Å². The second kappa shape index (κ2) is 4.75. The van der Waals surface area contributed by atoms with Crippen LogP contribution in [0.15, 0.2) is 6.07 Å². The maximum absolute atomic E-state index is 5.75. The molecule has 1 saturated heterocycles. The molecule has 0 amide bonds. The minimum absolute atomic E-state index is 0.399. The second-order valence-corrected chi connectivity index (χ2v) is 5.77. The van der Waals surface area contributed by atoms with Gasteiger partial charge >= 0.3 is 0 Å². The number of piperidine rings is 1. The summed E-state index contributed by atoms with van der Waals surface area (Å²) < 4.78 is 0. The summed E-state index contributed by atoms with van der Waals surface area (Å²) in [5, 5.41) is 0. The number of hydrogen-bond acceptors (Lipinski definition) is 4. The fourth-order valence-electron chi connectivity index (χ4n) is 3.55. The van der Waals surface area contributed by atoms with Crippen molar-refractivity contribution in [3.05, 3.63) is 11.8 Å². The van der Waals surface area contributed by atoms with E-state index in [1.807, 2.05) is 6.92 Å². The third kappa shape index (κ3) is 2.28. The highest BCUT2D eigenvalue weighted by molar-refractivity contribution is 5.43. The van der Waals surface area contributed by atoms with E-state index in [1.165, 1.54) is 32.1 Å². The van der Waals surface area contributed by atoms with Crippen LogP contribution in [0.25, 0.3) is 0 Å². The first-order valence-corrected chi connectivity index (χ1v) is 7.08. The molecule has 1 aromatic heterocycles. The Balaban J connectivity index is 1.76.